The summed E-state index contributed by atoms with van der Waals surface area (Å²) in [7, 11) is 1.64. The van der Waals surface area contributed by atoms with Gasteiger partial charge in [0.05, 0.1) is 24.9 Å². The Kier molecular flexibility index (Phi) is 7.86. The molecule has 5 rings (SSSR count). The number of hydrogen-bond donors (Lipinski definition) is 1. The van der Waals surface area contributed by atoms with E-state index in [-0.39, 0.29) is 29.5 Å². The number of aldehydes is 1. The first kappa shape index (κ1) is 26.7. The van der Waals surface area contributed by atoms with E-state index in [1.807, 2.05) is 13.0 Å². The first-order chi connectivity index (χ1) is 18.9. The van der Waals surface area contributed by atoms with Gasteiger partial charge >= 0.3 is 6.03 Å². The second kappa shape index (κ2) is 11.5. The summed E-state index contributed by atoms with van der Waals surface area (Å²) in [5.41, 5.74) is 2.98. The number of carbonyl (C=O) groups is 3. The van der Waals surface area contributed by atoms with Gasteiger partial charge in [-0.05, 0) is 48.9 Å². The summed E-state index contributed by atoms with van der Waals surface area (Å²) in [6.07, 6.45) is 4.89. The van der Waals surface area contributed by atoms with E-state index in [0.29, 0.717) is 74.7 Å². The Hall–Kier alpha value is -3.88. The summed E-state index contributed by atoms with van der Waals surface area (Å²) in [6, 6.07) is 5.37. The average Bonchev–Trinajstić information content (AvgIpc) is 3.53. The second-order valence-corrected chi connectivity index (χ2v) is 10.4. The van der Waals surface area contributed by atoms with Gasteiger partial charge in [0.2, 0.25) is 5.91 Å². The molecule has 2 aromatic heterocycles. The van der Waals surface area contributed by atoms with Crippen LogP contribution in [0.2, 0.25) is 0 Å². The molecule has 2 saturated heterocycles. The topological polar surface area (TPSA) is 138 Å². The van der Waals surface area contributed by atoms with Crippen LogP contribution in [0.3, 0.4) is 0 Å². The van der Waals surface area contributed by atoms with Gasteiger partial charge in [0.15, 0.2) is 6.29 Å². The van der Waals surface area contributed by atoms with Gasteiger partial charge in [0, 0.05) is 50.3 Å². The van der Waals surface area contributed by atoms with Gasteiger partial charge in [0.1, 0.15) is 23.4 Å². The molecule has 0 aromatic carbocycles. The number of rotatable bonds is 7. The van der Waals surface area contributed by atoms with Crippen molar-refractivity contribution in [1.29, 1.82) is 5.26 Å². The zero-order valence-electron chi connectivity index (χ0n) is 22.2. The Morgan fingerprint density at radius 2 is 2.15 bits per heavy atom. The summed E-state index contributed by atoms with van der Waals surface area (Å²) >= 11 is 0. The maximum atomic E-state index is 13.4. The molecule has 11 heteroatoms. The highest BCUT2D eigenvalue weighted by Crippen LogP contribution is 2.30. The third-order valence-electron chi connectivity index (χ3n) is 7.83. The number of hydrogen-bond acceptors (Lipinski definition) is 8. The van der Waals surface area contributed by atoms with Gasteiger partial charge < -0.3 is 14.4 Å². The van der Waals surface area contributed by atoms with Crippen LogP contribution in [-0.2, 0) is 33.7 Å². The zero-order chi connectivity index (χ0) is 27.5. The van der Waals surface area contributed by atoms with Crippen LogP contribution in [0.4, 0.5) is 16.4 Å². The van der Waals surface area contributed by atoms with Crippen LogP contribution >= 0.6 is 0 Å². The highest BCUT2D eigenvalue weighted by atomic mass is 16.5. The maximum Gasteiger partial charge on any atom is 0.328 e. The molecule has 0 spiro atoms. The largest absolute Gasteiger partial charge is 0.379 e. The standard InChI is InChI=1S/C28H32N6O5/c1-17-5-7-33(27(17)36)13-20-8-18-4-3-6-34(26(18)31-23(20)14-35)28(37)32-25-10-19(22(11-29)12-30-25)9-21-15-39-16-24(21)38-2/h8,10,12,14,17,21,24H,3-7,9,13,15-16H2,1-2H3,(H,30,32,37)/t17?,21-,24-/m0/s1. The van der Waals surface area contributed by atoms with Crippen LogP contribution in [0.1, 0.15) is 52.5 Å². The number of carbonyl (C=O) groups excluding carboxylic acids is 3. The van der Waals surface area contributed by atoms with Crippen LogP contribution in [-0.4, -0.2) is 72.6 Å². The summed E-state index contributed by atoms with van der Waals surface area (Å²) in [5.74, 6) is 0.923. The van der Waals surface area contributed by atoms with Crippen molar-refractivity contribution < 1.29 is 23.9 Å². The molecule has 1 unspecified atom stereocenters. The number of urea groups is 1. The Morgan fingerprint density at radius 3 is 2.87 bits per heavy atom. The number of anilines is 2. The van der Waals surface area contributed by atoms with Crippen molar-refractivity contribution >= 4 is 29.9 Å². The zero-order valence-corrected chi connectivity index (χ0v) is 22.2. The van der Waals surface area contributed by atoms with Crippen LogP contribution in [0.25, 0.3) is 0 Å². The molecule has 3 atom stereocenters. The lowest BCUT2D eigenvalue weighted by Gasteiger charge is -2.29. The number of nitrogens with zero attached hydrogens (tertiary/aromatic N) is 5. The number of fused-ring (bicyclic) bond motifs is 1. The van der Waals surface area contributed by atoms with Gasteiger partial charge in [-0.15, -0.1) is 0 Å². The number of nitrogens with one attached hydrogen (secondary N) is 1. The molecule has 2 fully saturated rings. The molecule has 0 aliphatic carbocycles. The molecular weight excluding hydrogens is 500 g/mol. The van der Waals surface area contributed by atoms with Crippen LogP contribution in [0.5, 0.6) is 0 Å². The number of pyridine rings is 2. The van der Waals surface area contributed by atoms with Gasteiger partial charge in [-0.1, -0.05) is 6.92 Å². The smallest absolute Gasteiger partial charge is 0.328 e. The lowest BCUT2D eigenvalue weighted by atomic mass is 9.94. The normalized spacial score (nSPS) is 22.5. The number of ether oxygens (including phenoxy) is 2. The summed E-state index contributed by atoms with van der Waals surface area (Å²) in [4.78, 5) is 49.9. The summed E-state index contributed by atoms with van der Waals surface area (Å²) < 4.78 is 11.0. The van der Waals surface area contributed by atoms with E-state index in [1.54, 1.807) is 18.1 Å². The third kappa shape index (κ3) is 5.48. The lowest BCUT2D eigenvalue weighted by Crippen LogP contribution is -2.40. The van der Waals surface area contributed by atoms with Crippen LogP contribution in [0, 0.1) is 23.2 Å². The fourth-order valence-corrected chi connectivity index (χ4v) is 5.57. The quantitative estimate of drug-likeness (QED) is 0.538. The molecule has 3 aliphatic rings. The molecule has 3 aliphatic heterocycles. The average molecular weight is 533 g/mol. The number of methoxy groups -OCH3 is 1. The first-order valence-corrected chi connectivity index (χ1v) is 13.3. The molecule has 39 heavy (non-hydrogen) atoms. The van der Waals surface area contributed by atoms with Crippen LogP contribution in [0.15, 0.2) is 18.3 Å². The van der Waals surface area contributed by atoms with Crippen molar-refractivity contribution in [2.45, 2.75) is 45.3 Å². The van der Waals surface area contributed by atoms with Crippen molar-refractivity contribution in [3.05, 3.63) is 46.3 Å². The highest BCUT2D eigenvalue weighted by molar-refractivity contribution is 6.01. The van der Waals surface area contributed by atoms with E-state index in [9.17, 15) is 19.6 Å². The summed E-state index contributed by atoms with van der Waals surface area (Å²) in [6.45, 7) is 4.38. The molecule has 11 nitrogen and oxygen atoms in total. The molecule has 5 heterocycles. The summed E-state index contributed by atoms with van der Waals surface area (Å²) in [5, 5.41) is 12.4. The van der Waals surface area contributed by atoms with Crippen molar-refractivity contribution in [2.75, 3.05) is 43.6 Å². The Balaban J connectivity index is 1.35. The van der Waals surface area contributed by atoms with Crippen molar-refractivity contribution in [1.82, 2.24) is 14.9 Å². The number of nitriles is 1. The van der Waals surface area contributed by atoms with E-state index < -0.39 is 6.03 Å². The molecule has 204 valence electrons. The Labute approximate surface area is 227 Å². The van der Waals surface area contributed by atoms with E-state index in [4.69, 9.17) is 9.47 Å². The van der Waals surface area contributed by atoms with Gasteiger partial charge in [-0.2, -0.15) is 5.26 Å². The van der Waals surface area contributed by atoms with Gasteiger partial charge in [-0.3, -0.25) is 19.8 Å². The van der Waals surface area contributed by atoms with Crippen molar-refractivity contribution in [2.24, 2.45) is 11.8 Å². The molecule has 1 N–H and O–H groups in total. The maximum absolute atomic E-state index is 13.4. The molecule has 0 bridgehead atoms. The molecule has 3 amide bonds. The Bertz CT molecular complexity index is 1320. The predicted molar refractivity (Wildman–Crippen MR) is 141 cm³/mol. The third-order valence-corrected chi connectivity index (χ3v) is 7.83. The number of likely N-dealkylation sites (tertiary alicyclic amines) is 1. The minimum atomic E-state index is -0.418. The van der Waals surface area contributed by atoms with Crippen molar-refractivity contribution in [3.8, 4) is 6.07 Å². The minimum Gasteiger partial charge on any atom is -0.379 e. The fourth-order valence-electron chi connectivity index (χ4n) is 5.57. The number of aryl methyl sites for hydroxylation is 1. The number of amides is 3. The molecule has 2 aromatic rings. The van der Waals surface area contributed by atoms with Gasteiger partial charge in [-0.25, -0.2) is 14.8 Å². The van der Waals surface area contributed by atoms with Crippen molar-refractivity contribution in [3.63, 3.8) is 0 Å². The monoisotopic (exact) mass is 532 g/mol. The SMILES string of the molecule is CO[C@H]1COC[C@@H]1Cc1cc(NC(=O)N2CCCc3cc(CN4CCC(C)C4=O)c(C=O)nc32)ncc1C#N. The molecule has 0 radical (unpaired) electrons. The van der Waals surface area contributed by atoms with E-state index in [1.165, 1.54) is 11.1 Å². The van der Waals surface area contributed by atoms with Crippen LogP contribution < -0.4 is 10.2 Å². The van der Waals surface area contributed by atoms with E-state index in [0.717, 1.165) is 24.0 Å². The van der Waals surface area contributed by atoms with E-state index >= 15 is 0 Å². The minimum absolute atomic E-state index is 0.0151. The first-order valence-electron chi connectivity index (χ1n) is 13.3. The fraction of sp³-hybridized carbons (Fsp3) is 0.500. The molecule has 0 saturated carbocycles. The Morgan fingerprint density at radius 1 is 1.31 bits per heavy atom. The number of aromatic nitrogens is 2. The highest BCUT2D eigenvalue weighted by Gasteiger charge is 2.31. The van der Waals surface area contributed by atoms with Gasteiger partial charge in [0.25, 0.3) is 0 Å². The molecular formula is C28H32N6O5. The predicted octanol–water partition coefficient (Wildman–Crippen LogP) is 2.72. The second-order valence-electron chi connectivity index (χ2n) is 10.4. The lowest BCUT2D eigenvalue weighted by molar-refractivity contribution is -0.131. The van der Waals surface area contributed by atoms with E-state index in [2.05, 4.69) is 21.4 Å².